The molecular weight excluding hydrogens is 545 g/mol. The zero-order chi connectivity index (χ0) is 22.2. The van der Waals surface area contributed by atoms with Gasteiger partial charge >= 0.3 is 0 Å². The monoisotopic (exact) mass is 575 g/mol. The van der Waals surface area contributed by atoms with E-state index >= 15 is 0 Å². The molecule has 1 aliphatic rings. The van der Waals surface area contributed by atoms with Crippen LogP contribution in [0.5, 0.6) is 0 Å². The molecule has 0 spiro atoms. The number of halogens is 2. The third kappa shape index (κ3) is 7.31. The predicted octanol–water partition coefficient (Wildman–Crippen LogP) is 1.87. The van der Waals surface area contributed by atoms with E-state index in [0.29, 0.717) is 57.3 Å². The molecule has 11 heteroatoms. The predicted molar refractivity (Wildman–Crippen MR) is 135 cm³/mol. The zero-order valence-electron chi connectivity index (χ0n) is 18.8. The van der Waals surface area contributed by atoms with Crippen molar-refractivity contribution < 1.29 is 9.53 Å². The van der Waals surface area contributed by atoms with E-state index in [2.05, 4.69) is 20.4 Å². The van der Waals surface area contributed by atoms with Crippen molar-refractivity contribution in [3.05, 3.63) is 46.5 Å². The van der Waals surface area contributed by atoms with Crippen LogP contribution in [0.25, 0.3) is 0 Å². The Morgan fingerprint density at radius 3 is 2.56 bits per heavy atom. The van der Waals surface area contributed by atoms with Gasteiger partial charge in [0.15, 0.2) is 11.8 Å². The molecule has 3 rings (SSSR count). The van der Waals surface area contributed by atoms with Crippen molar-refractivity contribution in [2.45, 2.75) is 19.9 Å². The van der Waals surface area contributed by atoms with E-state index in [0.717, 1.165) is 23.2 Å². The maximum absolute atomic E-state index is 12.7. The molecule has 176 valence electrons. The van der Waals surface area contributed by atoms with Crippen LogP contribution in [0.3, 0.4) is 0 Å². The molecule has 9 nitrogen and oxygen atoms in total. The molecule has 1 aromatic heterocycles. The van der Waals surface area contributed by atoms with E-state index in [-0.39, 0.29) is 29.9 Å². The first-order valence-corrected chi connectivity index (χ1v) is 10.7. The molecule has 32 heavy (non-hydrogen) atoms. The molecule has 1 saturated heterocycles. The molecule has 1 N–H and O–H groups in total. The van der Waals surface area contributed by atoms with Crippen LogP contribution in [0.4, 0.5) is 0 Å². The number of ether oxygens (including phenoxy) is 1. The highest BCUT2D eigenvalue weighted by Crippen LogP contribution is 2.13. The Morgan fingerprint density at radius 2 is 1.94 bits per heavy atom. The summed E-state index contributed by atoms with van der Waals surface area (Å²) in [5, 5.41) is 12.3. The summed E-state index contributed by atoms with van der Waals surface area (Å²) in [5.74, 6) is 2.56. The highest BCUT2D eigenvalue weighted by molar-refractivity contribution is 14.0. The normalized spacial score (nSPS) is 14.3. The van der Waals surface area contributed by atoms with E-state index in [1.54, 1.807) is 7.11 Å². The Morgan fingerprint density at radius 1 is 1.22 bits per heavy atom. The highest BCUT2D eigenvalue weighted by atomic mass is 127. The second-order valence-corrected chi connectivity index (χ2v) is 7.89. The molecule has 0 bridgehead atoms. The van der Waals surface area contributed by atoms with E-state index in [4.69, 9.17) is 21.3 Å². The standard InChI is InChI=1S/C21H30ClN7O2.HI/c1-16-25-26-19(27(16)2)15-24-21(23-7-12-31-3)29-10-8-28(9-11-29)20(30)14-17-5-4-6-18(22)13-17;/h4-6,13H,7-12,14-15H2,1-3H3,(H,23,24);1H. The van der Waals surface area contributed by atoms with Crippen LogP contribution in [0.1, 0.15) is 17.2 Å². The lowest BCUT2D eigenvalue weighted by atomic mass is 10.1. The number of benzene rings is 1. The molecule has 0 atom stereocenters. The van der Waals surface area contributed by atoms with Gasteiger partial charge in [-0.1, -0.05) is 23.7 Å². The lowest BCUT2D eigenvalue weighted by molar-refractivity contribution is -0.131. The molecule has 0 saturated carbocycles. The smallest absolute Gasteiger partial charge is 0.227 e. The Bertz CT molecular complexity index is 913. The number of guanidine groups is 1. The van der Waals surface area contributed by atoms with Gasteiger partial charge in [0.05, 0.1) is 13.0 Å². The van der Waals surface area contributed by atoms with Crippen LogP contribution in [0.2, 0.25) is 5.02 Å². The SMILES string of the molecule is COCCNC(=NCc1nnc(C)n1C)N1CCN(C(=O)Cc2cccc(Cl)c2)CC1.I. The summed E-state index contributed by atoms with van der Waals surface area (Å²) in [6.45, 7) is 6.29. The van der Waals surface area contributed by atoms with Crippen molar-refractivity contribution in [1.82, 2.24) is 29.9 Å². The average Bonchev–Trinajstić information content (AvgIpc) is 3.08. The number of hydrogen-bond donors (Lipinski definition) is 1. The van der Waals surface area contributed by atoms with E-state index < -0.39 is 0 Å². The minimum absolute atomic E-state index is 0. The largest absolute Gasteiger partial charge is 0.383 e. The summed E-state index contributed by atoms with van der Waals surface area (Å²) >= 11 is 6.03. The molecule has 1 amide bonds. The van der Waals surface area contributed by atoms with Gasteiger partial charge in [0.2, 0.25) is 5.91 Å². The maximum atomic E-state index is 12.7. The van der Waals surface area contributed by atoms with E-state index in [1.807, 2.05) is 47.7 Å². The van der Waals surface area contributed by atoms with Gasteiger partial charge in [-0.15, -0.1) is 34.2 Å². The van der Waals surface area contributed by atoms with Gasteiger partial charge in [0, 0.05) is 51.9 Å². The number of carbonyl (C=O) groups is 1. The summed E-state index contributed by atoms with van der Waals surface area (Å²) < 4.78 is 7.09. The lowest BCUT2D eigenvalue weighted by Gasteiger charge is -2.36. The number of nitrogens with zero attached hydrogens (tertiary/aromatic N) is 6. The summed E-state index contributed by atoms with van der Waals surface area (Å²) in [6, 6.07) is 7.46. The van der Waals surface area contributed by atoms with Crippen LogP contribution in [0, 0.1) is 6.92 Å². The fourth-order valence-electron chi connectivity index (χ4n) is 3.37. The lowest BCUT2D eigenvalue weighted by Crippen LogP contribution is -2.54. The number of piperazine rings is 1. The van der Waals surface area contributed by atoms with Crippen LogP contribution < -0.4 is 5.32 Å². The number of hydrogen-bond acceptors (Lipinski definition) is 5. The molecular formula is C21H31ClIN7O2. The first kappa shape index (κ1) is 26.3. The second-order valence-electron chi connectivity index (χ2n) is 7.46. The molecule has 1 aromatic carbocycles. The van der Waals surface area contributed by atoms with Crippen LogP contribution in [0.15, 0.2) is 29.3 Å². The molecule has 0 radical (unpaired) electrons. The summed E-state index contributed by atoms with van der Waals surface area (Å²) in [4.78, 5) is 21.5. The Hall–Kier alpha value is -1.92. The van der Waals surface area contributed by atoms with Crippen molar-refractivity contribution in [1.29, 1.82) is 0 Å². The summed E-state index contributed by atoms with van der Waals surface area (Å²) in [5.41, 5.74) is 0.933. The van der Waals surface area contributed by atoms with Crippen molar-refractivity contribution in [2.24, 2.45) is 12.0 Å². The van der Waals surface area contributed by atoms with E-state index in [1.165, 1.54) is 0 Å². The topological polar surface area (TPSA) is 87.9 Å². The van der Waals surface area contributed by atoms with Crippen molar-refractivity contribution in [2.75, 3.05) is 46.4 Å². The van der Waals surface area contributed by atoms with Gasteiger partial charge in [0.25, 0.3) is 0 Å². The summed E-state index contributed by atoms with van der Waals surface area (Å²) in [7, 11) is 3.60. The zero-order valence-corrected chi connectivity index (χ0v) is 21.8. The Kier molecular flexibility index (Phi) is 10.7. The minimum Gasteiger partial charge on any atom is -0.383 e. The number of nitrogens with one attached hydrogen (secondary N) is 1. The fraction of sp³-hybridized carbons (Fsp3) is 0.524. The number of aliphatic imine (C=N–C) groups is 1. The van der Waals surface area contributed by atoms with E-state index in [9.17, 15) is 4.79 Å². The Labute approximate surface area is 211 Å². The number of amides is 1. The Balaban J connectivity index is 0.00000363. The van der Waals surface area contributed by atoms with Gasteiger partial charge in [-0.25, -0.2) is 4.99 Å². The number of aryl methyl sites for hydroxylation is 1. The number of aromatic nitrogens is 3. The van der Waals surface area contributed by atoms with Gasteiger partial charge in [-0.3, -0.25) is 4.79 Å². The van der Waals surface area contributed by atoms with Crippen molar-refractivity contribution >= 4 is 47.4 Å². The molecule has 0 unspecified atom stereocenters. The molecule has 2 aromatic rings. The molecule has 1 aliphatic heterocycles. The summed E-state index contributed by atoms with van der Waals surface area (Å²) in [6.07, 6.45) is 0.360. The van der Waals surface area contributed by atoms with Gasteiger partial charge in [-0.05, 0) is 24.6 Å². The fourth-order valence-corrected chi connectivity index (χ4v) is 3.58. The highest BCUT2D eigenvalue weighted by Gasteiger charge is 2.23. The van der Waals surface area contributed by atoms with Crippen LogP contribution in [-0.2, 0) is 29.5 Å². The van der Waals surface area contributed by atoms with Crippen molar-refractivity contribution in [3.63, 3.8) is 0 Å². The molecule has 0 aliphatic carbocycles. The third-order valence-corrected chi connectivity index (χ3v) is 5.55. The maximum Gasteiger partial charge on any atom is 0.227 e. The molecule has 1 fully saturated rings. The van der Waals surface area contributed by atoms with Gasteiger partial charge in [0.1, 0.15) is 12.4 Å². The number of carbonyl (C=O) groups excluding carboxylic acids is 1. The van der Waals surface area contributed by atoms with Crippen LogP contribution >= 0.6 is 35.6 Å². The molecule has 2 heterocycles. The first-order chi connectivity index (χ1) is 15.0. The van der Waals surface area contributed by atoms with Gasteiger partial charge in [-0.2, -0.15) is 0 Å². The number of rotatable bonds is 7. The quantitative estimate of drug-likeness (QED) is 0.235. The second kappa shape index (κ2) is 12.9. The van der Waals surface area contributed by atoms with Gasteiger partial charge < -0.3 is 24.4 Å². The first-order valence-electron chi connectivity index (χ1n) is 10.4. The van der Waals surface area contributed by atoms with Crippen molar-refractivity contribution in [3.8, 4) is 0 Å². The van der Waals surface area contributed by atoms with Crippen LogP contribution in [-0.4, -0.2) is 82.9 Å². The average molecular weight is 576 g/mol. The third-order valence-electron chi connectivity index (χ3n) is 5.32. The minimum atomic E-state index is 0. The number of methoxy groups -OCH3 is 1.